The maximum atomic E-state index is 12.1. The van der Waals surface area contributed by atoms with Crippen LogP contribution in [0.3, 0.4) is 0 Å². The Morgan fingerprint density at radius 2 is 2.30 bits per heavy atom. The lowest BCUT2D eigenvalue weighted by Crippen LogP contribution is -2.40. The number of hydrogen-bond acceptors (Lipinski definition) is 5. The maximum Gasteiger partial charge on any atom is 0.332 e. The average molecular weight is 281 g/mol. The Labute approximate surface area is 113 Å². The molecule has 2 rings (SSSR count). The summed E-state index contributed by atoms with van der Waals surface area (Å²) in [5.74, 6) is 0. The second-order valence-corrected chi connectivity index (χ2v) is 4.69. The van der Waals surface area contributed by atoms with E-state index in [2.05, 4.69) is 10.0 Å². The zero-order chi connectivity index (χ0) is 14.9. The molecule has 1 unspecified atom stereocenters. The van der Waals surface area contributed by atoms with Gasteiger partial charge in [0.15, 0.2) is 0 Å². The van der Waals surface area contributed by atoms with Crippen LogP contribution in [0.15, 0.2) is 20.9 Å². The number of rotatable bonds is 3. The Bertz CT molecular complexity index is 672. The highest BCUT2D eigenvalue weighted by molar-refractivity contribution is 5.03. The summed E-state index contributed by atoms with van der Waals surface area (Å²) in [6.45, 7) is 1.29. The zero-order valence-corrected chi connectivity index (χ0v) is 11.1. The third kappa shape index (κ3) is 2.34. The van der Waals surface area contributed by atoms with E-state index >= 15 is 0 Å². The molecule has 1 aromatic heterocycles. The lowest BCUT2D eigenvalue weighted by atomic mass is 10.1. The third-order valence-corrected chi connectivity index (χ3v) is 3.38. The van der Waals surface area contributed by atoms with Crippen LogP contribution in [0.4, 0.5) is 0 Å². The van der Waals surface area contributed by atoms with Gasteiger partial charge in [0, 0.05) is 30.1 Å². The standard InChI is InChI=1S/C11H15N5O4/c1-6-4-16(11(19)15(2)10(6)18)9-3-7(13-14-12)8(5-17)20-9/h4,7-9,17H,3,5H2,1-2H3/t7?,8-,9-/m1/s1. The largest absolute Gasteiger partial charge is 0.394 e. The highest BCUT2D eigenvalue weighted by atomic mass is 16.5. The predicted molar refractivity (Wildman–Crippen MR) is 69.2 cm³/mol. The van der Waals surface area contributed by atoms with Crippen LogP contribution in [-0.2, 0) is 11.8 Å². The van der Waals surface area contributed by atoms with Gasteiger partial charge >= 0.3 is 5.69 Å². The number of ether oxygens (including phenoxy) is 1. The summed E-state index contributed by atoms with van der Waals surface area (Å²) in [6.07, 6.45) is 0.371. The maximum absolute atomic E-state index is 12.1. The summed E-state index contributed by atoms with van der Waals surface area (Å²) in [7, 11) is 1.39. The van der Waals surface area contributed by atoms with E-state index in [0.29, 0.717) is 5.56 Å². The molecule has 0 saturated carbocycles. The van der Waals surface area contributed by atoms with Crippen molar-refractivity contribution in [3.8, 4) is 0 Å². The van der Waals surface area contributed by atoms with Crippen molar-refractivity contribution in [3.05, 3.63) is 43.0 Å². The average Bonchev–Trinajstić information content (AvgIpc) is 2.84. The predicted octanol–water partition coefficient (Wildman–Crippen LogP) is -0.186. The number of aliphatic hydroxyl groups is 1. The number of nitrogens with zero attached hydrogens (tertiary/aromatic N) is 5. The summed E-state index contributed by atoms with van der Waals surface area (Å²) in [5, 5.41) is 12.8. The van der Waals surface area contributed by atoms with Crippen molar-refractivity contribution in [2.75, 3.05) is 6.61 Å². The quantitative estimate of drug-likeness (QED) is 0.468. The molecule has 108 valence electrons. The van der Waals surface area contributed by atoms with Crippen LogP contribution in [-0.4, -0.2) is 33.0 Å². The van der Waals surface area contributed by atoms with Gasteiger partial charge in [0.25, 0.3) is 5.56 Å². The van der Waals surface area contributed by atoms with E-state index in [1.165, 1.54) is 17.8 Å². The SMILES string of the molecule is Cc1cn([C@H]2CC(N=[N+]=[N-])[C@@H](CO)O2)c(=O)n(C)c1=O. The molecule has 1 aliphatic heterocycles. The molecule has 20 heavy (non-hydrogen) atoms. The van der Waals surface area contributed by atoms with Crippen LogP contribution in [0.25, 0.3) is 10.4 Å². The first kappa shape index (κ1) is 14.3. The smallest absolute Gasteiger partial charge is 0.332 e. The van der Waals surface area contributed by atoms with Gasteiger partial charge in [0.05, 0.1) is 18.8 Å². The second-order valence-electron chi connectivity index (χ2n) is 4.69. The minimum Gasteiger partial charge on any atom is -0.394 e. The molecule has 0 amide bonds. The van der Waals surface area contributed by atoms with E-state index in [1.54, 1.807) is 6.92 Å². The molecule has 0 bridgehead atoms. The van der Waals surface area contributed by atoms with E-state index in [9.17, 15) is 14.7 Å². The molecule has 3 atom stereocenters. The fourth-order valence-corrected chi connectivity index (χ4v) is 2.29. The Morgan fingerprint density at radius 1 is 1.60 bits per heavy atom. The van der Waals surface area contributed by atoms with Crippen LogP contribution >= 0.6 is 0 Å². The van der Waals surface area contributed by atoms with Crippen LogP contribution in [0.2, 0.25) is 0 Å². The van der Waals surface area contributed by atoms with E-state index in [4.69, 9.17) is 10.3 Å². The molecule has 0 aromatic carbocycles. The Hall–Kier alpha value is -2.09. The minimum absolute atomic E-state index is 0.271. The number of hydrogen-bond donors (Lipinski definition) is 1. The first-order valence-electron chi connectivity index (χ1n) is 6.09. The molecule has 0 spiro atoms. The monoisotopic (exact) mass is 281 g/mol. The molecule has 1 aliphatic rings. The fraction of sp³-hybridized carbons (Fsp3) is 0.636. The van der Waals surface area contributed by atoms with Crippen LogP contribution in [0, 0.1) is 6.92 Å². The van der Waals surface area contributed by atoms with Crippen molar-refractivity contribution in [1.82, 2.24) is 9.13 Å². The molecule has 9 heteroatoms. The van der Waals surface area contributed by atoms with Crippen molar-refractivity contribution in [1.29, 1.82) is 0 Å². The van der Waals surface area contributed by atoms with Gasteiger partial charge in [0.1, 0.15) is 6.23 Å². The van der Waals surface area contributed by atoms with Gasteiger partial charge in [-0.2, -0.15) is 0 Å². The van der Waals surface area contributed by atoms with E-state index in [1.807, 2.05) is 0 Å². The van der Waals surface area contributed by atoms with Gasteiger partial charge in [-0.05, 0) is 12.5 Å². The molecule has 2 heterocycles. The van der Waals surface area contributed by atoms with Crippen molar-refractivity contribution < 1.29 is 9.84 Å². The van der Waals surface area contributed by atoms with Crippen molar-refractivity contribution >= 4 is 0 Å². The Balaban J connectivity index is 2.42. The third-order valence-electron chi connectivity index (χ3n) is 3.38. The lowest BCUT2D eigenvalue weighted by Gasteiger charge is -2.16. The van der Waals surface area contributed by atoms with Gasteiger partial charge in [-0.1, -0.05) is 5.11 Å². The Morgan fingerprint density at radius 3 is 2.90 bits per heavy atom. The van der Waals surface area contributed by atoms with Gasteiger partial charge in [-0.25, -0.2) is 4.79 Å². The van der Waals surface area contributed by atoms with E-state index < -0.39 is 24.1 Å². The molecule has 0 aliphatic carbocycles. The van der Waals surface area contributed by atoms with Crippen molar-refractivity contribution in [2.45, 2.75) is 31.7 Å². The zero-order valence-electron chi connectivity index (χ0n) is 11.1. The first-order chi connectivity index (χ1) is 9.49. The van der Waals surface area contributed by atoms with Gasteiger partial charge in [-0.3, -0.25) is 13.9 Å². The summed E-state index contributed by atoms with van der Waals surface area (Å²) in [4.78, 5) is 26.4. The molecule has 1 N–H and O–H groups in total. The summed E-state index contributed by atoms with van der Waals surface area (Å²) >= 11 is 0. The van der Waals surface area contributed by atoms with Crippen LogP contribution in [0.1, 0.15) is 18.2 Å². The van der Waals surface area contributed by atoms with Gasteiger partial charge in [-0.15, -0.1) is 0 Å². The molecule has 9 nitrogen and oxygen atoms in total. The normalized spacial score (nSPS) is 25.4. The highest BCUT2D eigenvalue weighted by Gasteiger charge is 2.35. The number of aryl methyl sites for hydroxylation is 1. The summed E-state index contributed by atoms with van der Waals surface area (Å²) in [5.41, 5.74) is 8.01. The number of aromatic nitrogens is 2. The topological polar surface area (TPSA) is 122 Å². The van der Waals surface area contributed by atoms with Crippen molar-refractivity contribution in [3.63, 3.8) is 0 Å². The number of azide groups is 1. The molecule has 0 radical (unpaired) electrons. The van der Waals surface area contributed by atoms with Crippen LogP contribution in [0.5, 0.6) is 0 Å². The number of aliphatic hydroxyl groups excluding tert-OH is 1. The van der Waals surface area contributed by atoms with Gasteiger partial charge < -0.3 is 9.84 Å². The summed E-state index contributed by atoms with van der Waals surface area (Å²) in [6, 6.07) is -0.542. The lowest BCUT2D eigenvalue weighted by molar-refractivity contribution is -0.0276. The summed E-state index contributed by atoms with van der Waals surface area (Å²) < 4.78 is 7.80. The molecular formula is C11H15N5O4. The fourth-order valence-electron chi connectivity index (χ4n) is 2.29. The highest BCUT2D eigenvalue weighted by Crippen LogP contribution is 2.29. The molecule has 1 saturated heterocycles. The van der Waals surface area contributed by atoms with E-state index in [0.717, 1.165) is 4.57 Å². The minimum atomic E-state index is -0.666. The van der Waals surface area contributed by atoms with Gasteiger partial charge in [0.2, 0.25) is 0 Å². The molecule has 1 aromatic rings. The first-order valence-corrected chi connectivity index (χ1v) is 6.09. The van der Waals surface area contributed by atoms with Crippen LogP contribution < -0.4 is 11.2 Å². The second kappa shape index (κ2) is 5.49. The molecule has 1 fully saturated rings. The Kier molecular flexibility index (Phi) is 3.93. The van der Waals surface area contributed by atoms with Crippen molar-refractivity contribution in [2.24, 2.45) is 12.2 Å². The molecular weight excluding hydrogens is 266 g/mol. The van der Waals surface area contributed by atoms with E-state index in [-0.39, 0.29) is 18.6 Å².